The zero-order valence-electron chi connectivity index (χ0n) is 27.5. The Bertz CT molecular complexity index is 1110. The van der Waals surface area contributed by atoms with Gasteiger partial charge in [0.15, 0.2) is 0 Å². The Balaban J connectivity index is 1.57. The van der Waals surface area contributed by atoms with E-state index in [2.05, 4.69) is 21.3 Å². The number of ether oxygens (including phenoxy) is 1. The zero-order chi connectivity index (χ0) is 32.7. The lowest BCUT2D eigenvalue weighted by molar-refractivity contribution is -0.146. The van der Waals surface area contributed by atoms with Crippen molar-refractivity contribution in [1.82, 2.24) is 26.2 Å². The first-order chi connectivity index (χ1) is 21.3. The van der Waals surface area contributed by atoms with Crippen LogP contribution in [-0.2, 0) is 33.5 Å². The molecule has 0 radical (unpaired) electrons. The van der Waals surface area contributed by atoms with Crippen molar-refractivity contribution in [2.24, 2.45) is 23.2 Å². The second kappa shape index (κ2) is 15.5. The second-order valence-electron chi connectivity index (χ2n) is 14.5. The number of hydrogen-bond donors (Lipinski definition) is 4. The number of carbonyl (C=O) groups is 6. The highest BCUT2D eigenvalue weighted by Crippen LogP contribution is 2.31. The Morgan fingerprint density at radius 2 is 1.58 bits per heavy atom. The van der Waals surface area contributed by atoms with E-state index in [9.17, 15) is 28.8 Å². The van der Waals surface area contributed by atoms with Gasteiger partial charge in [0.1, 0.15) is 12.1 Å². The number of likely N-dealkylation sites (N-methyl/N-ethyl adjacent to an activating group) is 1. The van der Waals surface area contributed by atoms with Gasteiger partial charge in [-0.1, -0.05) is 33.6 Å². The van der Waals surface area contributed by atoms with Gasteiger partial charge in [-0.2, -0.15) is 0 Å². The number of amides is 5. The molecule has 12 nitrogen and oxygen atoms in total. The summed E-state index contributed by atoms with van der Waals surface area (Å²) >= 11 is 0. The number of rotatable bonds is 13. The van der Waals surface area contributed by atoms with Crippen LogP contribution in [0.1, 0.15) is 97.8 Å². The van der Waals surface area contributed by atoms with E-state index in [0.29, 0.717) is 32.6 Å². The van der Waals surface area contributed by atoms with Gasteiger partial charge in [0.2, 0.25) is 29.4 Å². The third-order valence-electron chi connectivity index (χ3n) is 9.81. The number of Topliss-reactive ketones (excluding diaryl/α,β-unsaturated/α-hetero) is 1. The molecule has 2 aliphatic heterocycles. The lowest BCUT2D eigenvalue weighted by Crippen LogP contribution is -2.59. The molecule has 4 N–H and O–H groups in total. The van der Waals surface area contributed by atoms with E-state index < -0.39 is 47.1 Å². The van der Waals surface area contributed by atoms with Crippen LogP contribution in [0.25, 0.3) is 0 Å². The summed E-state index contributed by atoms with van der Waals surface area (Å²) in [4.78, 5) is 81.8. The Hall–Kier alpha value is -3.02. The highest BCUT2D eigenvalue weighted by Gasteiger charge is 2.42. The molecule has 4 rings (SSSR count). The molecule has 4 fully saturated rings. The number of nitrogens with one attached hydrogen (secondary N) is 4. The zero-order valence-corrected chi connectivity index (χ0v) is 27.5. The van der Waals surface area contributed by atoms with E-state index >= 15 is 0 Å². The summed E-state index contributed by atoms with van der Waals surface area (Å²) < 4.78 is 5.53. The van der Waals surface area contributed by atoms with E-state index in [4.69, 9.17) is 4.74 Å². The van der Waals surface area contributed by atoms with Crippen molar-refractivity contribution < 1.29 is 33.5 Å². The van der Waals surface area contributed by atoms with E-state index in [0.717, 1.165) is 57.8 Å². The summed E-state index contributed by atoms with van der Waals surface area (Å²) in [5.41, 5.74) is -0.700. The van der Waals surface area contributed by atoms with Crippen LogP contribution in [-0.4, -0.2) is 91.2 Å². The molecule has 12 heteroatoms. The van der Waals surface area contributed by atoms with Gasteiger partial charge in [0.05, 0.1) is 6.04 Å². The van der Waals surface area contributed by atoms with Crippen molar-refractivity contribution >= 4 is 35.3 Å². The summed E-state index contributed by atoms with van der Waals surface area (Å²) in [5, 5.41) is 11.3. The normalized spacial score (nSPS) is 23.3. The summed E-state index contributed by atoms with van der Waals surface area (Å²) in [6.07, 6.45) is 8.26. The summed E-state index contributed by atoms with van der Waals surface area (Å²) in [6.45, 7) is 7.06. The highest BCUT2D eigenvalue weighted by atomic mass is 16.5. The van der Waals surface area contributed by atoms with Crippen LogP contribution in [0, 0.1) is 23.2 Å². The minimum Gasteiger partial charge on any atom is -0.381 e. The van der Waals surface area contributed by atoms with Gasteiger partial charge < -0.3 is 30.9 Å². The van der Waals surface area contributed by atoms with Gasteiger partial charge in [-0.05, 0) is 76.0 Å². The molecule has 0 unspecified atom stereocenters. The smallest absolute Gasteiger partial charge is 0.289 e. The molecule has 4 aliphatic rings. The Labute approximate surface area is 266 Å². The lowest BCUT2D eigenvalue weighted by atomic mass is 9.88. The van der Waals surface area contributed by atoms with Gasteiger partial charge in [0.25, 0.3) is 5.91 Å². The molecule has 2 saturated heterocycles. The monoisotopic (exact) mass is 631 g/mol. The molecule has 5 amide bonds. The second-order valence-corrected chi connectivity index (χ2v) is 14.5. The fourth-order valence-electron chi connectivity index (χ4n) is 6.63. The van der Waals surface area contributed by atoms with Gasteiger partial charge >= 0.3 is 0 Å². The first-order valence-corrected chi connectivity index (χ1v) is 16.9. The van der Waals surface area contributed by atoms with Crippen molar-refractivity contribution in [1.29, 1.82) is 0 Å². The van der Waals surface area contributed by atoms with Crippen LogP contribution in [0.2, 0.25) is 0 Å². The number of piperidine rings is 1. The lowest BCUT2D eigenvalue weighted by Gasteiger charge is -2.36. The van der Waals surface area contributed by atoms with Crippen LogP contribution >= 0.6 is 0 Å². The van der Waals surface area contributed by atoms with E-state index in [1.807, 2.05) is 0 Å². The van der Waals surface area contributed by atoms with Crippen molar-refractivity contribution in [2.45, 2.75) is 122 Å². The quantitative estimate of drug-likeness (QED) is 0.224. The number of hydrogen-bond acceptors (Lipinski definition) is 7. The summed E-state index contributed by atoms with van der Waals surface area (Å²) in [5.74, 6) is -3.32. The molecule has 252 valence electrons. The third kappa shape index (κ3) is 9.73. The van der Waals surface area contributed by atoms with Crippen LogP contribution in [0.5, 0.6) is 0 Å². The predicted molar refractivity (Wildman–Crippen MR) is 167 cm³/mol. The Morgan fingerprint density at radius 3 is 2.18 bits per heavy atom. The van der Waals surface area contributed by atoms with Gasteiger partial charge in [-0.3, -0.25) is 28.8 Å². The third-order valence-corrected chi connectivity index (χ3v) is 9.81. The first kappa shape index (κ1) is 34.8. The van der Waals surface area contributed by atoms with Gasteiger partial charge in [-0.25, -0.2) is 0 Å². The maximum atomic E-state index is 14.2. The standard InChI is InChI=1S/C33H53N5O7/c1-33(2,3)32(44)37-26(21-8-5-6-9-21)31(43)38(4)25(18-20-13-16-45-17-14-20)29(41)36-24(19-22-10-7-15-34-28(22)40)27(39)30(42)35-23-11-12-23/h20-26H,5-19H2,1-4H3,(H,34,40)(H,35,42)(H,36,41)(H,37,44)/t22-,24-,25-,26+/m0/s1. The van der Waals surface area contributed by atoms with E-state index in [-0.39, 0.29) is 42.0 Å². The van der Waals surface area contributed by atoms with Crippen molar-refractivity contribution in [3.63, 3.8) is 0 Å². The summed E-state index contributed by atoms with van der Waals surface area (Å²) in [7, 11) is 1.59. The topological polar surface area (TPSA) is 163 Å². The molecule has 0 aromatic rings. The Kier molecular flexibility index (Phi) is 12.0. The van der Waals surface area contributed by atoms with Crippen LogP contribution < -0.4 is 21.3 Å². The SMILES string of the molecule is CN(C(=O)[C@H](NC(=O)C(C)(C)C)C1CCCC1)[C@@H](CC1CCOCC1)C(=O)N[C@@H](C[C@@H]1CCCNC1=O)C(=O)C(=O)NC1CC1. The average Bonchev–Trinajstić information content (AvgIpc) is 3.66. The fraction of sp³-hybridized carbons (Fsp3) is 0.818. The molecule has 0 aromatic carbocycles. The van der Waals surface area contributed by atoms with Crippen LogP contribution in [0.15, 0.2) is 0 Å². The van der Waals surface area contributed by atoms with Crippen LogP contribution in [0.3, 0.4) is 0 Å². The molecular weight excluding hydrogens is 578 g/mol. The maximum absolute atomic E-state index is 14.2. The van der Waals surface area contributed by atoms with E-state index in [1.54, 1.807) is 27.8 Å². The predicted octanol–water partition coefficient (Wildman–Crippen LogP) is 1.60. The first-order valence-electron chi connectivity index (χ1n) is 16.9. The van der Waals surface area contributed by atoms with Crippen LogP contribution in [0.4, 0.5) is 0 Å². The minimum absolute atomic E-state index is 0.00246. The average molecular weight is 632 g/mol. The summed E-state index contributed by atoms with van der Waals surface area (Å²) in [6, 6.07) is -2.98. The number of nitrogens with zero attached hydrogens (tertiary/aromatic N) is 1. The molecule has 4 atom stereocenters. The van der Waals surface area contributed by atoms with Crippen molar-refractivity contribution in [2.75, 3.05) is 26.8 Å². The molecule has 0 bridgehead atoms. The Morgan fingerprint density at radius 1 is 0.911 bits per heavy atom. The number of ketones is 1. The van der Waals surface area contributed by atoms with Gasteiger partial charge in [0, 0.05) is 44.2 Å². The molecule has 45 heavy (non-hydrogen) atoms. The molecule has 2 aliphatic carbocycles. The molecule has 2 saturated carbocycles. The van der Waals surface area contributed by atoms with Gasteiger partial charge in [-0.15, -0.1) is 0 Å². The van der Waals surface area contributed by atoms with E-state index in [1.165, 1.54) is 4.90 Å². The van der Waals surface area contributed by atoms with Crippen molar-refractivity contribution in [3.8, 4) is 0 Å². The fourth-order valence-corrected chi connectivity index (χ4v) is 6.63. The molecule has 0 aromatic heterocycles. The minimum atomic E-state index is -1.21. The maximum Gasteiger partial charge on any atom is 0.289 e. The van der Waals surface area contributed by atoms with Crippen molar-refractivity contribution in [3.05, 3.63) is 0 Å². The molecule has 2 heterocycles. The molecule has 0 spiro atoms. The largest absolute Gasteiger partial charge is 0.381 e. The highest BCUT2D eigenvalue weighted by molar-refractivity contribution is 6.38. The molecular formula is C33H53N5O7. The number of carbonyl (C=O) groups excluding carboxylic acids is 6.